The van der Waals surface area contributed by atoms with E-state index in [0.29, 0.717) is 12.1 Å². The Kier molecular flexibility index (Phi) is 3.64. The van der Waals surface area contributed by atoms with Crippen LogP contribution in [0, 0.1) is 0 Å². The van der Waals surface area contributed by atoms with E-state index in [0.717, 1.165) is 26.2 Å². The van der Waals surface area contributed by atoms with Crippen LogP contribution in [0.5, 0.6) is 0 Å². The van der Waals surface area contributed by atoms with Crippen LogP contribution in [0.25, 0.3) is 0 Å². The zero-order valence-corrected chi connectivity index (χ0v) is 10.9. The number of hydrogen-bond donors (Lipinski definition) is 1. The molecule has 0 aromatic heterocycles. The van der Waals surface area contributed by atoms with E-state index in [2.05, 4.69) is 23.5 Å². The molecular weight excluding hydrogens is 226 g/mol. The SMILES string of the molecule is CNC(c1ccc2c(c1)COC2)C1CCCCO1. The second kappa shape index (κ2) is 5.39. The first-order chi connectivity index (χ1) is 8.88. The van der Waals surface area contributed by atoms with Crippen LogP contribution in [-0.4, -0.2) is 19.8 Å². The number of benzene rings is 1. The van der Waals surface area contributed by atoms with Gasteiger partial charge in [0.05, 0.1) is 25.4 Å². The van der Waals surface area contributed by atoms with Gasteiger partial charge in [-0.05, 0) is 43.0 Å². The molecule has 0 radical (unpaired) electrons. The maximum Gasteiger partial charge on any atom is 0.0769 e. The Balaban J connectivity index is 1.82. The van der Waals surface area contributed by atoms with Gasteiger partial charge in [0.2, 0.25) is 0 Å². The number of hydrogen-bond acceptors (Lipinski definition) is 3. The lowest BCUT2D eigenvalue weighted by Crippen LogP contribution is -2.34. The first-order valence-electron chi connectivity index (χ1n) is 6.87. The third-order valence-electron chi connectivity index (χ3n) is 4.00. The van der Waals surface area contributed by atoms with Crippen LogP contribution in [-0.2, 0) is 22.7 Å². The zero-order chi connectivity index (χ0) is 12.4. The first kappa shape index (κ1) is 12.2. The predicted octanol–water partition coefficient (Wildman–Crippen LogP) is 2.55. The van der Waals surface area contributed by atoms with E-state index in [9.17, 15) is 0 Å². The van der Waals surface area contributed by atoms with Crippen LogP contribution in [0.15, 0.2) is 18.2 Å². The zero-order valence-electron chi connectivity index (χ0n) is 10.9. The smallest absolute Gasteiger partial charge is 0.0769 e. The highest BCUT2D eigenvalue weighted by atomic mass is 16.5. The van der Waals surface area contributed by atoms with Crippen LogP contribution in [0.3, 0.4) is 0 Å². The minimum absolute atomic E-state index is 0.302. The molecule has 2 aliphatic rings. The van der Waals surface area contributed by atoms with Gasteiger partial charge in [0, 0.05) is 6.61 Å². The minimum atomic E-state index is 0.302. The highest BCUT2D eigenvalue weighted by Gasteiger charge is 2.25. The second-order valence-electron chi connectivity index (χ2n) is 5.19. The summed E-state index contributed by atoms with van der Waals surface area (Å²) < 4.78 is 11.4. The van der Waals surface area contributed by atoms with Crippen molar-refractivity contribution in [2.24, 2.45) is 0 Å². The molecule has 1 saturated heterocycles. The van der Waals surface area contributed by atoms with Gasteiger partial charge in [0.25, 0.3) is 0 Å². The molecule has 3 heteroatoms. The molecule has 1 fully saturated rings. The Bertz CT molecular complexity index is 413. The Hall–Kier alpha value is -0.900. The van der Waals surface area contributed by atoms with Crippen LogP contribution in [0.4, 0.5) is 0 Å². The Morgan fingerprint density at radius 2 is 2.11 bits per heavy atom. The van der Waals surface area contributed by atoms with E-state index in [1.54, 1.807) is 0 Å². The summed E-state index contributed by atoms with van der Waals surface area (Å²) in [5.74, 6) is 0. The molecule has 2 aliphatic heterocycles. The fraction of sp³-hybridized carbons (Fsp3) is 0.600. The van der Waals surface area contributed by atoms with Gasteiger partial charge in [-0.1, -0.05) is 18.2 Å². The van der Waals surface area contributed by atoms with Crippen molar-refractivity contribution < 1.29 is 9.47 Å². The van der Waals surface area contributed by atoms with E-state index in [1.807, 2.05) is 7.05 Å². The topological polar surface area (TPSA) is 30.5 Å². The largest absolute Gasteiger partial charge is 0.376 e. The summed E-state index contributed by atoms with van der Waals surface area (Å²) in [6.07, 6.45) is 3.94. The predicted molar refractivity (Wildman–Crippen MR) is 70.3 cm³/mol. The lowest BCUT2D eigenvalue weighted by molar-refractivity contribution is -0.00663. The van der Waals surface area contributed by atoms with Crippen LogP contribution in [0.1, 0.15) is 42.0 Å². The van der Waals surface area contributed by atoms with Gasteiger partial charge in [0.15, 0.2) is 0 Å². The third kappa shape index (κ3) is 2.30. The molecule has 18 heavy (non-hydrogen) atoms. The molecule has 1 N–H and O–H groups in total. The van der Waals surface area contributed by atoms with Crippen molar-refractivity contribution in [3.63, 3.8) is 0 Å². The van der Waals surface area contributed by atoms with Gasteiger partial charge < -0.3 is 14.8 Å². The fourth-order valence-electron chi connectivity index (χ4n) is 2.98. The summed E-state index contributed by atoms with van der Waals surface area (Å²) in [5.41, 5.74) is 4.00. The number of likely N-dealkylation sites (N-methyl/N-ethyl adjacent to an activating group) is 1. The Labute approximate surface area is 108 Å². The normalized spacial score (nSPS) is 24.8. The van der Waals surface area contributed by atoms with Crippen LogP contribution < -0.4 is 5.32 Å². The highest BCUT2D eigenvalue weighted by molar-refractivity contribution is 5.35. The average Bonchev–Trinajstić information content (AvgIpc) is 2.88. The molecule has 0 spiro atoms. The third-order valence-corrected chi connectivity index (χ3v) is 4.00. The average molecular weight is 247 g/mol. The van der Waals surface area contributed by atoms with Gasteiger partial charge in [0.1, 0.15) is 0 Å². The monoisotopic (exact) mass is 247 g/mol. The maximum absolute atomic E-state index is 5.91. The minimum Gasteiger partial charge on any atom is -0.376 e. The van der Waals surface area contributed by atoms with Crippen molar-refractivity contribution in [2.45, 2.75) is 44.6 Å². The quantitative estimate of drug-likeness (QED) is 0.890. The van der Waals surface area contributed by atoms with Crippen molar-refractivity contribution in [1.82, 2.24) is 5.32 Å². The number of ether oxygens (including phenoxy) is 2. The van der Waals surface area contributed by atoms with Crippen molar-refractivity contribution in [2.75, 3.05) is 13.7 Å². The fourth-order valence-corrected chi connectivity index (χ4v) is 2.98. The van der Waals surface area contributed by atoms with Crippen molar-refractivity contribution in [3.8, 4) is 0 Å². The summed E-state index contributed by atoms with van der Waals surface area (Å²) in [6.45, 7) is 2.42. The summed E-state index contributed by atoms with van der Waals surface area (Å²) in [4.78, 5) is 0. The number of rotatable bonds is 3. The first-order valence-corrected chi connectivity index (χ1v) is 6.87. The maximum atomic E-state index is 5.91. The summed E-state index contributed by atoms with van der Waals surface area (Å²) in [6, 6.07) is 7.00. The Morgan fingerprint density at radius 3 is 2.89 bits per heavy atom. The molecule has 2 heterocycles. The van der Waals surface area contributed by atoms with Crippen molar-refractivity contribution in [1.29, 1.82) is 0 Å². The van der Waals surface area contributed by atoms with Gasteiger partial charge in [-0.3, -0.25) is 0 Å². The number of fused-ring (bicyclic) bond motifs is 1. The molecule has 3 nitrogen and oxygen atoms in total. The lowest BCUT2D eigenvalue weighted by atomic mass is 9.94. The Morgan fingerprint density at radius 1 is 1.22 bits per heavy atom. The van der Waals surface area contributed by atoms with E-state index >= 15 is 0 Å². The molecular formula is C15H21NO2. The standard InChI is InChI=1S/C15H21NO2/c1-16-15(14-4-2-3-7-18-14)11-5-6-12-9-17-10-13(12)8-11/h5-6,8,14-16H,2-4,7,9-10H2,1H3. The van der Waals surface area contributed by atoms with Gasteiger partial charge in [-0.25, -0.2) is 0 Å². The van der Waals surface area contributed by atoms with E-state index in [1.165, 1.54) is 29.5 Å². The van der Waals surface area contributed by atoms with Gasteiger partial charge in [-0.15, -0.1) is 0 Å². The van der Waals surface area contributed by atoms with Crippen LogP contribution in [0.2, 0.25) is 0 Å². The highest BCUT2D eigenvalue weighted by Crippen LogP contribution is 2.29. The molecule has 3 rings (SSSR count). The summed E-state index contributed by atoms with van der Waals surface area (Å²) in [7, 11) is 2.02. The molecule has 2 unspecified atom stereocenters. The molecule has 2 atom stereocenters. The molecule has 0 aliphatic carbocycles. The van der Waals surface area contributed by atoms with E-state index in [4.69, 9.17) is 9.47 Å². The number of nitrogens with one attached hydrogen (secondary N) is 1. The van der Waals surface area contributed by atoms with Gasteiger partial charge >= 0.3 is 0 Å². The molecule has 0 amide bonds. The molecule has 0 bridgehead atoms. The molecule has 1 aromatic rings. The second-order valence-corrected chi connectivity index (χ2v) is 5.19. The van der Waals surface area contributed by atoms with E-state index in [-0.39, 0.29) is 0 Å². The van der Waals surface area contributed by atoms with Gasteiger partial charge in [-0.2, -0.15) is 0 Å². The summed E-state index contributed by atoms with van der Waals surface area (Å²) in [5, 5.41) is 3.41. The van der Waals surface area contributed by atoms with Crippen molar-refractivity contribution >= 4 is 0 Å². The lowest BCUT2D eigenvalue weighted by Gasteiger charge is -2.30. The molecule has 1 aromatic carbocycles. The molecule has 98 valence electrons. The van der Waals surface area contributed by atoms with Crippen molar-refractivity contribution in [3.05, 3.63) is 34.9 Å². The summed E-state index contributed by atoms with van der Waals surface area (Å²) >= 11 is 0. The van der Waals surface area contributed by atoms with E-state index < -0.39 is 0 Å². The molecule has 0 saturated carbocycles. The van der Waals surface area contributed by atoms with Crippen LogP contribution >= 0.6 is 0 Å².